The van der Waals surface area contributed by atoms with Crippen LogP contribution in [-0.2, 0) is 4.74 Å². The van der Waals surface area contributed by atoms with Crippen molar-refractivity contribution in [2.45, 2.75) is 69.4 Å². The lowest BCUT2D eigenvalue weighted by Crippen LogP contribution is -2.70. The van der Waals surface area contributed by atoms with Gasteiger partial charge in [-0.25, -0.2) is 5.43 Å². The summed E-state index contributed by atoms with van der Waals surface area (Å²) < 4.78 is 44.7. The van der Waals surface area contributed by atoms with Gasteiger partial charge in [0.1, 0.15) is 0 Å². The number of ether oxygens (including phenoxy) is 1. The van der Waals surface area contributed by atoms with Gasteiger partial charge in [-0.1, -0.05) is 0 Å². The molecule has 5 atom stereocenters. The van der Waals surface area contributed by atoms with Crippen molar-refractivity contribution >= 4 is 0 Å². The molecular weight excluding hydrogens is 357 g/mol. The molecule has 5 unspecified atom stereocenters. The molecule has 27 heavy (non-hydrogen) atoms. The van der Waals surface area contributed by atoms with E-state index < -0.39 is 12.1 Å². The maximum atomic E-state index is 13.0. The molecule has 4 aliphatic rings. The van der Waals surface area contributed by atoms with E-state index in [0.717, 1.165) is 45.5 Å². The Morgan fingerprint density at radius 1 is 0.963 bits per heavy atom. The van der Waals surface area contributed by atoms with Crippen molar-refractivity contribution in [2.24, 2.45) is 23.7 Å². The molecule has 1 aliphatic carbocycles. The highest BCUT2D eigenvalue weighted by molar-refractivity contribution is 4.98. The van der Waals surface area contributed by atoms with E-state index >= 15 is 0 Å². The van der Waals surface area contributed by atoms with Crippen molar-refractivity contribution in [3.63, 3.8) is 0 Å². The van der Waals surface area contributed by atoms with Gasteiger partial charge in [-0.3, -0.25) is 10.7 Å². The van der Waals surface area contributed by atoms with E-state index in [9.17, 15) is 13.2 Å². The molecule has 0 amide bonds. The fraction of sp³-hybridized carbons (Fsp3) is 1.00. The highest BCUT2D eigenvalue weighted by Crippen LogP contribution is 2.43. The summed E-state index contributed by atoms with van der Waals surface area (Å²) in [4.78, 5) is 0. The quantitative estimate of drug-likeness (QED) is 0.593. The average molecular weight is 390 g/mol. The zero-order valence-corrected chi connectivity index (χ0v) is 15.9. The molecule has 156 valence electrons. The second-order valence-corrected chi connectivity index (χ2v) is 8.81. The Kier molecular flexibility index (Phi) is 6.28. The predicted molar refractivity (Wildman–Crippen MR) is 96.8 cm³/mol. The molecule has 3 saturated heterocycles. The molecule has 0 aromatic carbocycles. The standard InChI is InChI=1S/C19H33F3N4O/c20-19(21,22)13-5-3-12(4-6-13)17-16-11-23-8-7-15(16)18(26-25-17)24-10-14-2-1-9-27-14/h12-18,23-26H,1-11H2. The minimum Gasteiger partial charge on any atom is -0.377 e. The third kappa shape index (κ3) is 4.61. The normalized spacial score (nSPS) is 43.4. The van der Waals surface area contributed by atoms with Crippen LogP contribution in [0, 0.1) is 23.7 Å². The van der Waals surface area contributed by atoms with Crippen LogP contribution in [0.3, 0.4) is 0 Å². The van der Waals surface area contributed by atoms with E-state index in [-0.39, 0.29) is 25.0 Å². The molecule has 1 saturated carbocycles. The van der Waals surface area contributed by atoms with Gasteiger partial charge in [0.25, 0.3) is 0 Å². The number of rotatable bonds is 4. The summed E-state index contributed by atoms with van der Waals surface area (Å²) in [7, 11) is 0. The second kappa shape index (κ2) is 8.53. The fourth-order valence-corrected chi connectivity index (χ4v) is 5.65. The smallest absolute Gasteiger partial charge is 0.377 e. The van der Waals surface area contributed by atoms with Gasteiger partial charge in [-0.05, 0) is 75.8 Å². The van der Waals surface area contributed by atoms with E-state index in [1.165, 1.54) is 0 Å². The highest BCUT2D eigenvalue weighted by atomic mass is 19.4. The van der Waals surface area contributed by atoms with Crippen molar-refractivity contribution in [1.82, 2.24) is 21.5 Å². The Balaban J connectivity index is 1.34. The van der Waals surface area contributed by atoms with Crippen LogP contribution in [0.5, 0.6) is 0 Å². The molecule has 0 radical (unpaired) electrons. The van der Waals surface area contributed by atoms with Gasteiger partial charge in [0, 0.05) is 19.2 Å². The Morgan fingerprint density at radius 2 is 1.78 bits per heavy atom. The number of nitrogens with one attached hydrogen (secondary N) is 4. The lowest BCUT2D eigenvalue weighted by Gasteiger charge is -2.50. The SMILES string of the molecule is FC(F)(F)C1CCC(C2NNC(NCC3CCCO3)C3CCNCC32)CC1. The summed E-state index contributed by atoms with van der Waals surface area (Å²) in [6.45, 7) is 3.68. The third-order valence-corrected chi connectivity index (χ3v) is 7.21. The van der Waals surface area contributed by atoms with E-state index in [2.05, 4.69) is 21.5 Å². The lowest BCUT2D eigenvalue weighted by molar-refractivity contribution is -0.185. The van der Waals surface area contributed by atoms with Crippen LogP contribution in [0.4, 0.5) is 13.2 Å². The Morgan fingerprint density at radius 3 is 2.48 bits per heavy atom. The maximum absolute atomic E-state index is 13.0. The van der Waals surface area contributed by atoms with E-state index in [1.54, 1.807) is 0 Å². The summed E-state index contributed by atoms with van der Waals surface area (Å²) in [6.07, 6.45) is 1.71. The zero-order valence-electron chi connectivity index (χ0n) is 15.9. The molecule has 0 bridgehead atoms. The van der Waals surface area contributed by atoms with E-state index in [0.29, 0.717) is 36.7 Å². The Hall–Kier alpha value is -0.410. The molecule has 0 aromatic heterocycles. The van der Waals surface area contributed by atoms with Crippen LogP contribution in [0.2, 0.25) is 0 Å². The van der Waals surface area contributed by atoms with Gasteiger partial charge in [0.15, 0.2) is 0 Å². The van der Waals surface area contributed by atoms with Crippen molar-refractivity contribution in [2.75, 3.05) is 26.2 Å². The van der Waals surface area contributed by atoms with E-state index in [1.807, 2.05) is 0 Å². The monoisotopic (exact) mass is 390 g/mol. The molecule has 8 heteroatoms. The molecular formula is C19H33F3N4O. The van der Waals surface area contributed by atoms with Crippen molar-refractivity contribution < 1.29 is 17.9 Å². The van der Waals surface area contributed by atoms with Crippen LogP contribution < -0.4 is 21.5 Å². The first-order valence-corrected chi connectivity index (χ1v) is 10.7. The van der Waals surface area contributed by atoms with Crippen molar-refractivity contribution in [3.8, 4) is 0 Å². The number of halogens is 3. The molecule has 3 aliphatic heterocycles. The van der Waals surface area contributed by atoms with Gasteiger partial charge in [0.2, 0.25) is 0 Å². The first kappa shape index (κ1) is 19.9. The summed E-state index contributed by atoms with van der Waals surface area (Å²) in [5, 5.41) is 7.14. The van der Waals surface area contributed by atoms with Crippen LogP contribution in [0.15, 0.2) is 0 Å². The van der Waals surface area contributed by atoms with Crippen LogP contribution in [-0.4, -0.2) is 50.7 Å². The first-order chi connectivity index (χ1) is 13.0. The summed E-state index contributed by atoms with van der Waals surface area (Å²) in [6, 6.07) is 0.248. The minimum absolute atomic E-state index is 0.198. The van der Waals surface area contributed by atoms with Gasteiger partial charge in [-0.15, -0.1) is 0 Å². The van der Waals surface area contributed by atoms with Crippen molar-refractivity contribution in [3.05, 3.63) is 0 Å². The van der Waals surface area contributed by atoms with Gasteiger partial charge in [0.05, 0.1) is 18.2 Å². The third-order valence-electron chi connectivity index (χ3n) is 7.21. The van der Waals surface area contributed by atoms with Crippen LogP contribution in [0.25, 0.3) is 0 Å². The number of hydrogen-bond acceptors (Lipinski definition) is 5. The summed E-state index contributed by atoms with van der Waals surface area (Å²) in [5.41, 5.74) is 6.96. The minimum atomic E-state index is -4.03. The summed E-state index contributed by atoms with van der Waals surface area (Å²) >= 11 is 0. The number of hydrogen-bond donors (Lipinski definition) is 4. The number of alkyl halides is 3. The second-order valence-electron chi connectivity index (χ2n) is 8.81. The lowest BCUT2D eigenvalue weighted by atomic mass is 9.69. The fourth-order valence-electron chi connectivity index (χ4n) is 5.65. The largest absolute Gasteiger partial charge is 0.391 e. The molecule has 0 aromatic rings. The Bertz CT molecular complexity index is 478. The molecule has 4 rings (SSSR count). The van der Waals surface area contributed by atoms with E-state index in [4.69, 9.17) is 4.74 Å². The maximum Gasteiger partial charge on any atom is 0.391 e. The topological polar surface area (TPSA) is 57.3 Å². The molecule has 4 fully saturated rings. The first-order valence-electron chi connectivity index (χ1n) is 10.7. The van der Waals surface area contributed by atoms with Crippen molar-refractivity contribution in [1.29, 1.82) is 0 Å². The molecule has 4 N–H and O–H groups in total. The van der Waals surface area contributed by atoms with Gasteiger partial charge >= 0.3 is 6.18 Å². The highest BCUT2D eigenvalue weighted by Gasteiger charge is 2.47. The molecule has 3 heterocycles. The average Bonchev–Trinajstić information content (AvgIpc) is 3.19. The van der Waals surface area contributed by atoms with Crippen LogP contribution in [0.1, 0.15) is 44.9 Å². The molecule has 0 spiro atoms. The number of hydrazine groups is 1. The van der Waals surface area contributed by atoms with Crippen LogP contribution >= 0.6 is 0 Å². The van der Waals surface area contributed by atoms with Gasteiger partial charge in [-0.2, -0.15) is 13.2 Å². The summed E-state index contributed by atoms with van der Waals surface area (Å²) in [5.74, 6) is 0.169. The predicted octanol–water partition coefficient (Wildman–Crippen LogP) is 2.15. The molecule has 5 nitrogen and oxygen atoms in total. The zero-order chi connectivity index (χ0) is 18.9. The Labute approximate surface area is 159 Å². The van der Waals surface area contributed by atoms with Gasteiger partial charge < -0.3 is 10.1 Å². The number of piperidine rings is 1. The number of fused-ring (bicyclic) bond motifs is 1.